The van der Waals surface area contributed by atoms with Gasteiger partial charge in [0.15, 0.2) is 0 Å². The maximum Gasteiger partial charge on any atom is 0.305 e. The van der Waals surface area contributed by atoms with E-state index >= 15 is 0 Å². The van der Waals surface area contributed by atoms with Gasteiger partial charge in [-0.25, -0.2) is 0 Å². The minimum Gasteiger partial charge on any atom is -0.469 e. The molecule has 6 N–H and O–H groups in total. The molecule has 15 aliphatic rings. The number of methoxy groups -OCH3 is 2. The van der Waals surface area contributed by atoms with Gasteiger partial charge in [0.1, 0.15) is 5.78 Å². The Morgan fingerprint density at radius 1 is 0.387 bits per heavy atom. The molecule has 12 saturated carbocycles. The number of likely N-dealkylation sites (tertiary alicyclic amines) is 3. The van der Waals surface area contributed by atoms with Gasteiger partial charge in [-0.05, 0) is 390 Å². The second-order valence-corrected chi connectivity index (χ2v) is 43.6. The summed E-state index contributed by atoms with van der Waals surface area (Å²) in [5, 5.41) is 46.8. The quantitative estimate of drug-likeness (QED) is 0.0476. The Labute approximate surface area is 682 Å². The molecular weight excluding hydrogens is 1380 g/mol. The molecule has 10 unspecified atom stereocenters. The van der Waals surface area contributed by atoms with Crippen molar-refractivity contribution in [2.45, 2.75) is 363 Å². The van der Waals surface area contributed by atoms with Crippen LogP contribution in [0.5, 0.6) is 0 Å². The van der Waals surface area contributed by atoms with Crippen molar-refractivity contribution in [3.05, 3.63) is 0 Å². The van der Waals surface area contributed by atoms with Crippen molar-refractivity contribution >= 4 is 17.7 Å². The zero-order valence-corrected chi connectivity index (χ0v) is 73.4. The number of nitrogens with one attached hydrogen (secondary N) is 3. The molecule has 14 nitrogen and oxygen atoms in total. The van der Waals surface area contributed by atoms with Crippen LogP contribution in [0.15, 0.2) is 0 Å². The van der Waals surface area contributed by atoms with Gasteiger partial charge in [0.05, 0.1) is 32.5 Å². The van der Waals surface area contributed by atoms with Gasteiger partial charge < -0.3 is 55.4 Å². The van der Waals surface area contributed by atoms with Crippen LogP contribution >= 0.6 is 0 Å². The van der Waals surface area contributed by atoms with Crippen LogP contribution < -0.4 is 16.0 Å². The molecule has 30 atom stereocenters. The second kappa shape index (κ2) is 37.9. The van der Waals surface area contributed by atoms with Crippen LogP contribution in [0.25, 0.3) is 0 Å². The lowest BCUT2D eigenvalue weighted by Gasteiger charge is -2.62. The number of aliphatic hydroxyl groups excluding tert-OH is 3. The van der Waals surface area contributed by atoms with Gasteiger partial charge in [-0.2, -0.15) is 0 Å². The fourth-order valence-electron chi connectivity index (χ4n) is 32.1. The summed E-state index contributed by atoms with van der Waals surface area (Å²) in [4.78, 5) is 43.5. The van der Waals surface area contributed by atoms with E-state index in [1.54, 1.807) is 0 Å². The van der Waals surface area contributed by atoms with Crippen molar-refractivity contribution in [2.75, 3.05) is 92.8 Å². The summed E-state index contributed by atoms with van der Waals surface area (Å²) >= 11 is 0. The van der Waals surface area contributed by atoms with Crippen LogP contribution in [0, 0.1) is 139 Å². The topological polar surface area (TPSA) is 176 Å². The molecular formula is C97H176N6O8. The summed E-state index contributed by atoms with van der Waals surface area (Å²) in [5.74, 6) is 11.7. The molecule has 0 spiro atoms. The number of esters is 2. The third-order valence-corrected chi connectivity index (χ3v) is 38.6. The predicted octanol–water partition coefficient (Wildman–Crippen LogP) is 18.5. The van der Waals surface area contributed by atoms with E-state index in [1.807, 2.05) is 6.92 Å². The highest BCUT2D eigenvalue weighted by atomic mass is 16.5. The molecule has 12 aliphatic carbocycles. The lowest BCUT2D eigenvalue weighted by atomic mass is 9.43. The summed E-state index contributed by atoms with van der Waals surface area (Å²) in [5.41, 5.74) is 2.13. The molecule has 111 heavy (non-hydrogen) atoms. The summed E-state index contributed by atoms with van der Waals surface area (Å²) in [6.45, 7) is 39.3. The number of piperidine rings is 3. The molecule has 15 rings (SSSR count). The number of ether oxygens (including phenoxy) is 2. The molecule has 0 radical (unpaired) electrons. The molecule has 0 aromatic carbocycles. The third kappa shape index (κ3) is 18.6. The molecule has 0 aromatic rings. The Bertz CT molecular complexity index is 2850. The number of carbonyl (C=O) groups is 3. The molecule has 14 heteroatoms. The molecule has 0 amide bonds. The lowest BCUT2D eigenvalue weighted by molar-refractivity contribution is -0.167. The Kier molecular flexibility index (Phi) is 29.7. The summed E-state index contributed by atoms with van der Waals surface area (Å²) < 4.78 is 9.84. The van der Waals surface area contributed by atoms with Crippen LogP contribution in [0.1, 0.15) is 330 Å². The maximum atomic E-state index is 12.0. The number of Topliss-reactive ketones (excluding diaryl/α,β-unsaturated/α-hetero) is 1. The van der Waals surface area contributed by atoms with E-state index in [9.17, 15) is 29.7 Å². The van der Waals surface area contributed by atoms with E-state index in [4.69, 9.17) is 9.47 Å². The standard InChI is InChI=1S/C33H58N2O2.2C32H56N2O3.3H2/c1-5-25(36)10-9-23(2)27-11-12-28-26-22-31(37)30-21-24(34-17-20-35-18-7-6-8-19-35)13-15-33(30,4)29(26)14-16-32(27,28)3;2*1-22(8-11-29(36)37-4)25-9-10-26-30-27(13-15-32(25,26)3)31(2)14-12-24(20-23(31)21-28(30)35)33-16-19-34-17-6-5-7-18-34;;;/h23-24,26-31,34,37H,5-22H2,1-4H3;2*22-28,30,33,35H,5-21H2,1-4H3;3*1H/t23-,24?,26?,27-,28?,29?,30+,31+,32-,33-;22-,23+,24-,25-,26?,27?,28-,30?,31+,32-;22-,23-,24+,25-,26?,27?,28-,30?,31+,32-;;;/m111.../s1. The Morgan fingerprint density at radius 3 is 1.12 bits per heavy atom. The highest BCUT2D eigenvalue weighted by molar-refractivity contribution is 5.77. The minimum absolute atomic E-state index is 0. The number of hydrogen-bond donors (Lipinski definition) is 6. The third-order valence-electron chi connectivity index (χ3n) is 38.6. The first kappa shape index (κ1) is 87.1. The Balaban J connectivity index is 0.000000179. The highest BCUT2D eigenvalue weighted by Gasteiger charge is 2.67. The first-order chi connectivity index (χ1) is 53.3. The van der Waals surface area contributed by atoms with E-state index in [1.165, 1.54) is 266 Å². The Morgan fingerprint density at radius 2 is 0.721 bits per heavy atom. The van der Waals surface area contributed by atoms with Gasteiger partial charge >= 0.3 is 11.9 Å². The molecule has 642 valence electrons. The number of fused-ring (bicyclic) bond motifs is 15. The van der Waals surface area contributed by atoms with E-state index in [-0.39, 0.29) is 34.5 Å². The van der Waals surface area contributed by atoms with Crippen LogP contribution in [-0.4, -0.2) is 177 Å². The van der Waals surface area contributed by atoms with Crippen LogP contribution in [0.2, 0.25) is 0 Å². The largest absolute Gasteiger partial charge is 0.469 e. The van der Waals surface area contributed by atoms with Crippen LogP contribution in [0.3, 0.4) is 0 Å². The van der Waals surface area contributed by atoms with Gasteiger partial charge in [0.25, 0.3) is 0 Å². The van der Waals surface area contributed by atoms with Gasteiger partial charge in [-0.3, -0.25) is 14.4 Å². The number of rotatable bonds is 25. The first-order valence-corrected chi connectivity index (χ1v) is 48.3. The van der Waals surface area contributed by atoms with Gasteiger partial charge in [0, 0.05) is 87.4 Å². The Hall–Kier alpha value is -1.75. The second-order valence-electron chi connectivity index (χ2n) is 43.6. The smallest absolute Gasteiger partial charge is 0.305 e. The normalized spacial score (nSPS) is 45.0. The van der Waals surface area contributed by atoms with Crippen molar-refractivity contribution in [1.82, 2.24) is 30.7 Å². The monoisotopic (exact) mass is 1550 g/mol. The van der Waals surface area contributed by atoms with Crippen LogP contribution in [0.4, 0.5) is 0 Å². The summed E-state index contributed by atoms with van der Waals surface area (Å²) in [7, 11) is 3.00. The van der Waals surface area contributed by atoms with E-state index in [2.05, 4.69) is 93.0 Å². The fraction of sp³-hybridized carbons (Fsp3) is 0.969. The zero-order valence-electron chi connectivity index (χ0n) is 73.4. The number of aliphatic hydroxyl groups is 3. The summed E-state index contributed by atoms with van der Waals surface area (Å²) in [6, 6.07) is 1.85. The SMILES string of the molecule is CCC(=O)CC[C@@H](C)[C@H]1CCC2C3C[C@H](O)[C@@H]4CC(NCCN5CCCCC5)CC[C@]4(C)C3CC[C@@]21C.COC(=O)CC[C@@H](C)[C@H]1CCC2C3C(CC[C@@]21C)[C@@]1(C)CC[C@@H](NCCN2CCCCC2)C[C@H]1C[C@H]3O.COC(=O)CC[C@@H](C)[C@H]1CCC2C3C(CC[C@@]21C)[C@@]1(C)CC[C@H](NCCN2CCCCC2)C[C@@H]1C[C@H]3O.[HH].[HH].[HH]. The van der Waals surface area contributed by atoms with Crippen molar-refractivity contribution in [3.8, 4) is 0 Å². The molecule has 15 fully saturated rings. The average molecular weight is 1550 g/mol. The van der Waals surface area contributed by atoms with Crippen molar-refractivity contribution in [2.24, 2.45) is 139 Å². The minimum atomic E-state index is -0.135. The predicted molar refractivity (Wildman–Crippen MR) is 457 cm³/mol. The lowest BCUT2D eigenvalue weighted by Crippen LogP contribution is -2.59. The van der Waals surface area contributed by atoms with E-state index < -0.39 is 0 Å². The first-order valence-electron chi connectivity index (χ1n) is 48.3. The highest BCUT2D eigenvalue weighted by Crippen LogP contribution is 2.72. The van der Waals surface area contributed by atoms with E-state index in [0.29, 0.717) is 164 Å². The number of hydrogen-bond acceptors (Lipinski definition) is 14. The van der Waals surface area contributed by atoms with Crippen LogP contribution in [-0.2, 0) is 23.9 Å². The average Bonchev–Trinajstić information content (AvgIpc) is 1.39. The molecule has 3 saturated heterocycles. The van der Waals surface area contributed by atoms with Crippen molar-refractivity contribution in [1.29, 1.82) is 0 Å². The van der Waals surface area contributed by atoms with Gasteiger partial charge in [0.2, 0.25) is 0 Å². The number of nitrogens with zero attached hydrogens (tertiary/aromatic N) is 3. The zero-order chi connectivity index (χ0) is 78.6. The molecule has 3 aliphatic heterocycles. The molecule has 0 aromatic heterocycles. The van der Waals surface area contributed by atoms with Crippen molar-refractivity contribution in [3.63, 3.8) is 0 Å². The van der Waals surface area contributed by atoms with Gasteiger partial charge in [-0.1, -0.05) is 88.5 Å². The molecule has 3 heterocycles. The van der Waals surface area contributed by atoms with E-state index in [0.717, 1.165) is 82.3 Å². The fourth-order valence-corrected chi connectivity index (χ4v) is 32.1. The number of ketones is 1. The van der Waals surface area contributed by atoms with Gasteiger partial charge in [-0.15, -0.1) is 0 Å². The number of carbonyl (C=O) groups excluding carboxylic acids is 3. The summed E-state index contributed by atoms with van der Waals surface area (Å²) in [6.07, 6.45) is 47.8. The maximum absolute atomic E-state index is 12.0. The van der Waals surface area contributed by atoms with Crippen molar-refractivity contribution < 1.29 is 43.5 Å². The molecule has 0 bridgehead atoms.